The van der Waals surface area contributed by atoms with E-state index in [9.17, 15) is 0 Å². The van der Waals surface area contributed by atoms with Crippen molar-refractivity contribution in [3.05, 3.63) is 18.2 Å². The fraction of sp³-hybridized carbons (Fsp3) is 0.769. The Morgan fingerprint density at radius 1 is 1.47 bits per heavy atom. The van der Waals surface area contributed by atoms with Crippen molar-refractivity contribution in [3.8, 4) is 0 Å². The van der Waals surface area contributed by atoms with Crippen LogP contribution in [0.4, 0.5) is 0 Å². The summed E-state index contributed by atoms with van der Waals surface area (Å²) in [5.41, 5.74) is 7.29. The molecule has 1 aromatic heterocycles. The molecule has 1 saturated heterocycles. The molecule has 0 amide bonds. The Labute approximate surface area is 104 Å². The van der Waals surface area contributed by atoms with E-state index < -0.39 is 0 Å². The molecule has 4 heteroatoms. The number of hydrogen-bond acceptors (Lipinski definition) is 3. The first-order valence-corrected chi connectivity index (χ1v) is 6.68. The molecule has 0 radical (unpaired) electrons. The van der Waals surface area contributed by atoms with E-state index in [0.29, 0.717) is 12.0 Å². The van der Waals surface area contributed by atoms with Crippen LogP contribution in [-0.2, 0) is 7.05 Å². The molecule has 0 bridgehead atoms. The van der Waals surface area contributed by atoms with Gasteiger partial charge < -0.3 is 10.3 Å². The molecule has 1 aromatic rings. The van der Waals surface area contributed by atoms with Gasteiger partial charge in [-0.05, 0) is 38.4 Å². The quantitative estimate of drug-likeness (QED) is 0.866. The van der Waals surface area contributed by atoms with E-state index in [0.717, 1.165) is 13.1 Å². The lowest BCUT2D eigenvalue weighted by atomic mass is 9.92. The van der Waals surface area contributed by atoms with Gasteiger partial charge >= 0.3 is 0 Å². The van der Waals surface area contributed by atoms with Crippen molar-refractivity contribution >= 4 is 0 Å². The van der Waals surface area contributed by atoms with Crippen LogP contribution in [0.15, 0.2) is 12.5 Å². The van der Waals surface area contributed by atoms with Crippen molar-refractivity contribution in [1.82, 2.24) is 14.5 Å². The van der Waals surface area contributed by atoms with Gasteiger partial charge in [-0.3, -0.25) is 4.90 Å². The SMILES string of the molecule is CCN1CCCCC(CN)C1c1cncn1C. The van der Waals surface area contributed by atoms with Crippen molar-refractivity contribution in [2.24, 2.45) is 18.7 Å². The van der Waals surface area contributed by atoms with Gasteiger partial charge in [0.1, 0.15) is 0 Å². The van der Waals surface area contributed by atoms with Gasteiger partial charge in [0, 0.05) is 13.2 Å². The molecule has 4 nitrogen and oxygen atoms in total. The van der Waals surface area contributed by atoms with Crippen LogP contribution in [0, 0.1) is 5.92 Å². The van der Waals surface area contributed by atoms with Crippen molar-refractivity contribution in [2.45, 2.75) is 32.2 Å². The summed E-state index contributed by atoms with van der Waals surface area (Å²) in [5.74, 6) is 0.563. The van der Waals surface area contributed by atoms with Crippen LogP contribution < -0.4 is 5.73 Å². The highest BCUT2D eigenvalue weighted by molar-refractivity contribution is 5.08. The molecule has 2 rings (SSSR count). The third-order valence-electron chi connectivity index (χ3n) is 3.98. The minimum atomic E-state index is 0.444. The summed E-state index contributed by atoms with van der Waals surface area (Å²) in [6, 6.07) is 0.444. The summed E-state index contributed by atoms with van der Waals surface area (Å²) < 4.78 is 2.14. The van der Waals surface area contributed by atoms with Crippen molar-refractivity contribution in [1.29, 1.82) is 0 Å². The van der Waals surface area contributed by atoms with E-state index >= 15 is 0 Å². The largest absolute Gasteiger partial charge is 0.336 e. The third kappa shape index (κ3) is 2.53. The van der Waals surface area contributed by atoms with Gasteiger partial charge in [0.2, 0.25) is 0 Å². The molecule has 2 N–H and O–H groups in total. The molecule has 0 aromatic carbocycles. The van der Waals surface area contributed by atoms with Gasteiger partial charge in [0.05, 0.1) is 18.1 Å². The van der Waals surface area contributed by atoms with Gasteiger partial charge in [-0.25, -0.2) is 4.98 Å². The maximum Gasteiger partial charge on any atom is 0.0946 e. The first-order chi connectivity index (χ1) is 8.27. The summed E-state index contributed by atoms with van der Waals surface area (Å²) in [6.07, 6.45) is 7.72. The summed E-state index contributed by atoms with van der Waals surface area (Å²) in [4.78, 5) is 6.82. The first-order valence-electron chi connectivity index (χ1n) is 6.68. The topological polar surface area (TPSA) is 47.1 Å². The maximum atomic E-state index is 5.98. The van der Waals surface area contributed by atoms with E-state index in [1.165, 1.54) is 31.5 Å². The van der Waals surface area contributed by atoms with Crippen LogP contribution in [0.1, 0.15) is 37.9 Å². The number of likely N-dealkylation sites (tertiary alicyclic amines) is 1. The van der Waals surface area contributed by atoms with Gasteiger partial charge in [0.25, 0.3) is 0 Å². The highest BCUT2D eigenvalue weighted by Crippen LogP contribution is 2.33. The van der Waals surface area contributed by atoms with Crippen molar-refractivity contribution in [2.75, 3.05) is 19.6 Å². The predicted molar refractivity (Wildman–Crippen MR) is 69.6 cm³/mol. The normalized spacial score (nSPS) is 27.0. The lowest BCUT2D eigenvalue weighted by Gasteiger charge is -2.33. The zero-order valence-corrected chi connectivity index (χ0v) is 11.0. The van der Waals surface area contributed by atoms with Crippen LogP contribution >= 0.6 is 0 Å². The number of rotatable bonds is 3. The van der Waals surface area contributed by atoms with Gasteiger partial charge in [-0.2, -0.15) is 0 Å². The second-order valence-corrected chi connectivity index (χ2v) is 4.99. The second kappa shape index (κ2) is 5.65. The first kappa shape index (κ1) is 12.6. The van der Waals surface area contributed by atoms with Crippen molar-refractivity contribution in [3.63, 3.8) is 0 Å². The second-order valence-electron chi connectivity index (χ2n) is 4.99. The minimum absolute atomic E-state index is 0.444. The maximum absolute atomic E-state index is 5.98. The smallest absolute Gasteiger partial charge is 0.0946 e. The summed E-state index contributed by atoms with van der Waals surface area (Å²) in [7, 11) is 2.08. The molecular weight excluding hydrogens is 212 g/mol. The standard InChI is InChI=1S/C13H24N4/c1-3-17-7-5-4-6-11(8-14)13(17)12-9-15-10-16(12)2/h9-11,13H,3-8,14H2,1-2H3. The zero-order chi connectivity index (χ0) is 12.3. The average Bonchev–Trinajstić information content (AvgIpc) is 2.65. The van der Waals surface area contributed by atoms with Crippen LogP contribution in [0.25, 0.3) is 0 Å². The predicted octanol–water partition coefficient (Wildman–Crippen LogP) is 1.54. The summed E-state index contributed by atoms with van der Waals surface area (Å²) >= 11 is 0. The Morgan fingerprint density at radius 2 is 2.29 bits per heavy atom. The number of nitrogens with two attached hydrogens (primary N) is 1. The molecule has 17 heavy (non-hydrogen) atoms. The third-order valence-corrected chi connectivity index (χ3v) is 3.98. The highest BCUT2D eigenvalue weighted by Gasteiger charge is 2.31. The molecule has 0 saturated carbocycles. The minimum Gasteiger partial charge on any atom is -0.336 e. The lowest BCUT2D eigenvalue weighted by Crippen LogP contribution is -2.36. The van der Waals surface area contributed by atoms with E-state index in [-0.39, 0.29) is 0 Å². The molecule has 2 atom stereocenters. The fourth-order valence-corrected chi connectivity index (χ4v) is 3.00. The zero-order valence-electron chi connectivity index (χ0n) is 11.0. The highest BCUT2D eigenvalue weighted by atomic mass is 15.2. The number of imidazole rings is 1. The molecule has 0 aliphatic carbocycles. The lowest BCUT2D eigenvalue weighted by molar-refractivity contribution is 0.160. The number of aryl methyl sites for hydroxylation is 1. The van der Waals surface area contributed by atoms with Crippen LogP contribution in [0.2, 0.25) is 0 Å². The molecular formula is C13H24N4. The van der Waals surface area contributed by atoms with E-state index in [1.807, 2.05) is 12.5 Å². The molecule has 96 valence electrons. The number of aromatic nitrogens is 2. The van der Waals surface area contributed by atoms with Gasteiger partial charge in [0.15, 0.2) is 0 Å². The summed E-state index contributed by atoms with van der Waals surface area (Å²) in [5, 5.41) is 0. The Balaban J connectivity index is 2.31. The molecule has 2 heterocycles. The van der Waals surface area contributed by atoms with Gasteiger partial charge in [-0.15, -0.1) is 0 Å². The van der Waals surface area contributed by atoms with E-state index in [2.05, 4.69) is 28.4 Å². The summed E-state index contributed by atoms with van der Waals surface area (Å²) in [6.45, 7) is 5.28. The number of hydrogen-bond donors (Lipinski definition) is 1. The van der Waals surface area contributed by atoms with Gasteiger partial charge in [-0.1, -0.05) is 13.3 Å². The Morgan fingerprint density at radius 3 is 2.88 bits per heavy atom. The van der Waals surface area contributed by atoms with E-state index in [4.69, 9.17) is 5.73 Å². The average molecular weight is 236 g/mol. The van der Waals surface area contributed by atoms with Crippen molar-refractivity contribution < 1.29 is 0 Å². The molecule has 0 spiro atoms. The molecule has 1 aliphatic heterocycles. The fourth-order valence-electron chi connectivity index (χ4n) is 3.00. The molecule has 1 aliphatic rings. The van der Waals surface area contributed by atoms with Crippen LogP contribution in [-0.4, -0.2) is 34.1 Å². The Kier molecular flexibility index (Phi) is 4.18. The number of nitrogens with zero attached hydrogens (tertiary/aromatic N) is 3. The Bertz CT molecular complexity index is 333. The van der Waals surface area contributed by atoms with E-state index in [1.54, 1.807) is 0 Å². The van der Waals surface area contributed by atoms with Crippen LogP contribution in [0.5, 0.6) is 0 Å². The molecule has 1 fully saturated rings. The van der Waals surface area contributed by atoms with Crippen LogP contribution in [0.3, 0.4) is 0 Å². The molecule has 2 unspecified atom stereocenters. The Hall–Kier alpha value is -0.870. The monoisotopic (exact) mass is 236 g/mol.